The molecule has 0 unspecified atom stereocenters. The molecule has 0 amide bonds. The maximum atomic E-state index is 11.0. The maximum Gasteiger partial charge on any atom is 0.339 e. The first kappa shape index (κ1) is 8.75. The Labute approximate surface area is 82.5 Å². The normalized spacial score (nSPS) is 18.2. The minimum atomic E-state index is -0.257. The van der Waals surface area contributed by atoms with Crippen LogP contribution >= 0.6 is 0 Å². The second kappa shape index (κ2) is 3.50. The fraction of sp³-hybridized carbons (Fsp3) is 0.0833. The van der Waals surface area contributed by atoms with E-state index < -0.39 is 0 Å². The van der Waals surface area contributed by atoms with Gasteiger partial charge >= 0.3 is 5.97 Å². The van der Waals surface area contributed by atoms with E-state index in [9.17, 15) is 4.79 Å². The first-order chi connectivity index (χ1) is 6.75. The van der Waals surface area contributed by atoms with E-state index in [1.54, 1.807) is 13.0 Å². The van der Waals surface area contributed by atoms with Gasteiger partial charge in [0.15, 0.2) is 0 Å². The molecular formula is C12H10O2. The van der Waals surface area contributed by atoms with E-state index in [-0.39, 0.29) is 5.97 Å². The number of allylic oxidation sites excluding steroid dienone is 1. The standard InChI is InChI=1S/C12H10O2/c1-9-7-11(14-12(9)13)8-10-5-3-2-4-6-10/h2-8H,1H3/b11-8+. The highest BCUT2D eigenvalue weighted by molar-refractivity contribution is 5.93. The van der Waals surface area contributed by atoms with Crippen molar-refractivity contribution in [1.29, 1.82) is 0 Å². The number of rotatable bonds is 1. The van der Waals surface area contributed by atoms with Crippen molar-refractivity contribution < 1.29 is 9.53 Å². The van der Waals surface area contributed by atoms with E-state index >= 15 is 0 Å². The van der Waals surface area contributed by atoms with Gasteiger partial charge < -0.3 is 4.74 Å². The van der Waals surface area contributed by atoms with Crippen molar-refractivity contribution in [1.82, 2.24) is 0 Å². The summed E-state index contributed by atoms with van der Waals surface area (Å²) in [4.78, 5) is 11.0. The second-order valence-corrected chi connectivity index (χ2v) is 3.17. The lowest BCUT2D eigenvalue weighted by Gasteiger charge is -1.95. The molecule has 0 N–H and O–H groups in total. The van der Waals surface area contributed by atoms with Gasteiger partial charge in [-0.3, -0.25) is 0 Å². The average molecular weight is 186 g/mol. The fourth-order valence-electron chi connectivity index (χ4n) is 1.27. The molecule has 2 nitrogen and oxygen atoms in total. The smallest absolute Gasteiger partial charge is 0.339 e. The molecule has 0 atom stereocenters. The molecule has 0 bridgehead atoms. The minimum absolute atomic E-state index is 0.257. The Morgan fingerprint density at radius 1 is 1.21 bits per heavy atom. The van der Waals surface area contributed by atoms with E-state index in [1.165, 1.54) is 0 Å². The van der Waals surface area contributed by atoms with Crippen molar-refractivity contribution >= 4 is 12.0 Å². The van der Waals surface area contributed by atoms with Crippen molar-refractivity contribution in [2.24, 2.45) is 0 Å². The molecule has 1 heterocycles. The molecular weight excluding hydrogens is 176 g/mol. The van der Waals surface area contributed by atoms with Crippen molar-refractivity contribution in [3.63, 3.8) is 0 Å². The summed E-state index contributed by atoms with van der Waals surface area (Å²) < 4.78 is 5.01. The zero-order valence-electron chi connectivity index (χ0n) is 7.86. The van der Waals surface area contributed by atoms with Crippen LogP contribution < -0.4 is 0 Å². The van der Waals surface area contributed by atoms with Crippen molar-refractivity contribution in [3.05, 3.63) is 53.3 Å². The van der Waals surface area contributed by atoms with E-state index in [4.69, 9.17) is 4.74 Å². The molecule has 1 aliphatic rings. The zero-order valence-corrected chi connectivity index (χ0v) is 7.86. The summed E-state index contributed by atoms with van der Waals surface area (Å²) >= 11 is 0. The molecule has 0 spiro atoms. The van der Waals surface area contributed by atoms with Crippen LogP contribution in [0.4, 0.5) is 0 Å². The predicted molar refractivity (Wildman–Crippen MR) is 54.3 cm³/mol. The van der Waals surface area contributed by atoms with Crippen LogP contribution in [0.3, 0.4) is 0 Å². The Hall–Kier alpha value is -1.83. The summed E-state index contributed by atoms with van der Waals surface area (Å²) in [6.07, 6.45) is 3.59. The Bertz CT molecular complexity index is 413. The van der Waals surface area contributed by atoms with Gasteiger partial charge in [-0.25, -0.2) is 4.79 Å². The molecule has 2 rings (SSSR count). The topological polar surface area (TPSA) is 26.3 Å². The van der Waals surface area contributed by atoms with Crippen LogP contribution in [0, 0.1) is 0 Å². The number of cyclic esters (lactones) is 1. The lowest BCUT2D eigenvalue weighted by atomic mass is 10.2. The number of carbonyl (C=O) groups is 1. The van der Waals surface area contributed by atoms with Crippen LogP contribution in [0.5, 0.6) is 0 Å². The Kier molecular flexibility index (Phi) is 2.19. The van der Waals surface area contributed by atoms with Gasteiger partial charge in [0.25, 0.3) is 0 Å². The molecule has 1 aromatic rings. The van der Waals surface area contributed by atoms with Gasteiger partial charge in [0.05, 0.1) is 0 Å². The highest BCUT2D eigenvalue weighted by Gasteiger charge is 2.16. The maximum absolute atomic E-state index is 11.0. The van der Waals surface area contributed by atoms with Gasteiger partial charge in [0.2, 0.25) is 0 Å². The number of ether oxygens (including phenoxy) is 1. The van der Waals surface area contributed by atoms with Crippen LogP contribution in [0.1, 0.15) is 12.5 Å². The molecule has 0 saturated carbocycles. The minimum Gasteiger partial charge on any atom is -0.423 e. The molecule has 0 aromatic heterocycles. The molecule has 1 aromatic carbocycles. The lowest BCUT2D eigenvalue weighted by Crippen LogP contribution is -1.94. The molecule has 1 aliphatic heterocycles. The van der Waals surface area contributed by atoms with Gasteiger partial charge in [-0.1, -0.05) is 30.3 Å². The fourth-order valence-corrected chi connectivity index (χ4v) is 1.27. The van der Waals surface area contributed by atoms with E-state index in [1.807, 2.05) is 36.4 Å². The number of hydrogen-bond acceptors (Lipinski definition) is 2. The lowest BCUT2D eigenvalue weighted by molar-refractivity contribution is -0.133. The largest absolute Gasteiger partial charge is 0.423 e. The van der Waals surface area contributed by atoms with Crippen LogP contribution in [-0.2, 0) is 9.53 Å². The molecule has 70 valence electrons. The SMILES string of the molecule is CC1=C/C(=C\c2ccccc2)OC1=O. The van der Waals surface area contributed by atoms with E-state index in [0.29, 0.717) is 11.3 Å². The third-order valence-electron chi connectivity index (χ3n) is 2.00. The van der Waals surface area contributed by atoms with E-state index in [2.05, 4.69) is 0 Å². The number of esters is 1. The van der Waals surface area contributed by atoms with Crippen molar-refractivity contribution in [3.8, 4) is 0 Å². The van der Waals surface area contributed by atoms with Crippen LogP contribution in [0.2, 0.25) is 0 Å². The van der Waals surface area contributed by atoms with Gasteiger partial charge in [-0.2, -0.15) is 0 Å². The highest BCUT2D eigenvalue weighted by Crippen LogP contribution is 2.18. The second-order valence-electron chi connectivity index (χ2n) is 3.17. The van der Waals surface area contributed by atoms with Gasteiger partial charge in [0.1, 0.15) is 5.76 Å². The Morgan fingerprint density at radius 3 is 2.50 bits per heavy atom. The third kappa shape index (κ3) is 1.74. The first-order valence-electron chi connectivity index (χ1n) is 4.43. The zero-order chi connectivity index (χ0) is 9.97. The first-order valence-corrected chi connectivity index (χ1v) is 4.43. The highest BCUT2D eigenvalue weighted by atomic mass is 16.5. The Morgan fingerprint density at radius 2 is 1.93 bits per heavy atom. The summed E-state index contributed by atoms with van der Waals surface area (Å²) in [5.41, 5.74) is 1.67. The summed E-state index contributed by atoms with van der Waals surface area (Å²) in [6, 6.07) is 9.76. The monoisotopic (exact) mass is 186 g/mol. The number of hydrogen-bond donors (Lipinski definition) is 0. The quantitative estimate of drug-likeness (QED) is 0.630. The molecule has 0 fully saturated rings. The van der Waals surface area contributed by atoms with Gasteiger partial charge in [0, 0.05) is 5.57 Å². The summed E-state index contributed by atoms with van der Waals surface area (Å²) in [5.74, 6) is 0.353. The van der Waals surface area contributed by atoms with Crippen molar-refractivity contribution in [2.75, 3.05) is 0 Å². The number of benzene rings is 1. The third-order valence-corrected chi connectivity index (χ3v) is 2.00. The van der Waals surface area contributed by atoms with Crippen molar-refractivity contribution in [2.45, 2.75) is 6.92 Å². The van der Waals surface area contributed by atoms with Crippen LogP contribution in [0.25, 0.3) is 6.08 Å². The van der Waals surface area contributed by atoms with Crippen LogP contribution in [0.15, 0.2) is 47.7 Å². The van der Waals surface area contributed by atoms with E-state index in [0.717, 1.165) is 5.56 Å². The summed E-state index contributed by atoms with van der Waals surface area (Å²) in [5, 5.41) is 0. The molecule has 14 heavy (non-hydrogen) atoms. The number of carbonyl (C=O) groups excluding carboxylic acids is 1. The molecule has 0 radical (unpaired) electrons. The van der Waals surface area contributed by atoms with Crippen LogP contribution in [-0.4, -0.2) is 5.97 Å². The van der Waals surface area contributed by atoms with Gasteiger partial charge in [-0.05, 0) is 24.6 Å². The van der Waals surface area contributed by atoms with Gasteiger partial charge in [-0.15, -0.1) is 0 Å². The molecule has 2 heteroatoms. The Balaban J connectivity index is 2.26. The summed E-state index contributed by atoms with van der Waals surface area (Å²) in [7, 11) is 0. The summed E-state index contributed by atoms with van der Waals surface area (Å²) in [6.45, 7) is 1.74. The molecule has 0 aliphatic carbocycles. The predicted octanol–water partition coefficient (Wildman–Crippen LogP) is 2.53. The molecule has 0 saturated heterocycles. The average Bonchev–Trinajstić information content (AvgIpc) is 2.47.